The van der Waals surface area contributed by atoms with Crippen molar-refractivity contribution in [2.24, 2.45) is 0 Å². The minimum Gasteiger partial charge on any atom is -0.497 e. The van der Waals surface area contributed by atoms with E-state index in [1.165, 1.54) is 0 Å². The molecule has 30 heavy (non-hydrogen) atoms. The molecule has 0 aliphatic carbocycles. The molecule has 1 unspecified atom stereocenters. The van der Waals surface area contributed by atoms with Crippen molar-refractivity contribution in [2.45, 2.75) is 59.8 Å². The van der Waals surface area contributed by atoms with E-state index in [9.17, 15) is 9.90 Å². The van der Waals surface area contributed by atoms with Crippen LogP contribution in [0.5, 0.6) is 5.75 Å². The summed E-state index contributed by atoms with van der Waals surface area (Å²) in [4.78, 5) is 16.6. The molecule has 1 aromatic carbocycles. The number of hydrogen-bond donors (Lipinski definition) is 3. The van der Waals surface area contributed by atoms with E-state index in [4.69, 9.17) is 14.9 Å². The van der Waals surface area contributed by atoms with Crippen molar-refractivity contribution >= 4 is 17.5 Å². The first-order chi connectivity index (χ1) is 13.9. The van der Waals surface area contributed by atoms with Crippen LogP contribution < -0.4 is 10.1 Å². The Kier molecular flexibility index (Phi) is 7.21. The Hall–Kier alpha value is -2.93. The van der Waals surface area contributed by atoms with E-state index < -0.39 is 17.7 Å². The number of methoxy groups -OCH3 is 1. The second-order valence-corrected chi connectivity index (χ2v) is 8.23. The lowest BCUT2D eigenvalue weighted by molar-refractivity contribution is -0.160. The molecule has 7 nitrogen and oxygen atoms in total. The largest absolute Gasteiger partial charge is 0.497 e. The predicted octanol–water partition coefficient (Wildman–Crippen LogP) is 4.65. The number of benzene rings is 1. The van der Waals surface area contributed by atoms with Crippen molar-refractivity contribution < 1.29 is 19.4 Å². The van der Waals surface area contributed by atoms with Crippen molar-refractivity contribution in [3.63, 3.8) is 0 Å². The van der Waals surface area contributed by atoms with Gasteiger partial charge in [0.05, 0.1) is 12.7 Å². The number of carbonyl (C=O) groups is 1. The number of nitrogens with zero attached hydrogens (tertiary/aromatic N) is 1. The van der Waals surface area contributed by atoms with Crippen LogP contribution in [0.15, 0.2) is 24.3 Å². The van der Waals surface area contributed by atoms with Crippen LogP contribution in [-0.4, -0.2) is 34.5 Å². The van der Waals surface area contributed by atoms with Crippen LogP contribution >= 0.6 is 0 Å². The van der Waals surface area contributed by atoms with Crippen molar-refractivity contribution in [1.29, 1.82) is 5.41 Å². The summed E-state index contributed by atoms with van der Waals surface area (Å²) in [6.45, 7) is 11.2. The number of aryl methyl sites for hydroxylation is 1. The summed E-state index contributed by atoms with van der Waals surface area (Å²) in [5, 5.41) is 21.4. The molecule has 2 aromatic rings. The van der Waals surface area contributed by atoms with Crippen molar-refractivity contribution in [3.05, 3.63) is 52.2 Å². The lowest BCUT2D eigenvalue weighted by atomic mass is 9.94. The Morgan fingerprint density at radius 1 is 1.23 bits per heavy atom. The van der Waals surface area contributed by atoms with Crippen LogP contribution in [0.2, 0.25) is 0 Å². The van der Waals surface area contributed by atoms with Gasteiger partial charge < -0.3 is 25.3 Å². The summed E-state index contributed by atoms with van der Waals surface area (Å²) in [7, 11) is 1.62. The van der Waals surface area contributed by atoms with Crippen LogP contribution in [0.3, 0.4) is 0 Å². The van der Waals surface area contributed by atoms with Gasteiger partial charge in [0.2, 0.25) is 0 Å². The molecule has 0 radical (unpaired) electrons. The molecule has 7 heteroatoms. The van der Waals surface area contributed by atoms with Crippen LogP contribution in [0.25, 0.3) is 0 Å². The van der Waals surface area contributed by atoms with Crippen molar-refractivity contribution in [2.75, 3.05) is 12.4 Å². The molecule has 2 rings (SSSR count). The number of anilines is 1. The predicted molar refractivity (Wildman–Crippen MR) is 118 cm³/mol. The van der Waals surface area contributed by atoms with Gasteiger partial charge in [-0.3, -0.25) is 0 Å². The fourth-order valence-corrected chi connectivity index (χ4v) is 3.36. The molecule has 1 heterocycles. The van der Waals surface area contributed by atoms with E-state index in [0.29, 0.717) is 40.5 Å². The van der Waals surface area contributed by atoms with Crippen molar-refractivity contribution in [1.82, 2.24) is 4.98 Å². The third kappa shape index (κ3) is 5.57. The van der Waals surface area contributed by atoms with Gasteiger partial charge in [-0.05, 0) is 64.8 Å². The minimum atomic E-state index is -1.16. The summed E-state index contributed by atoms with van der Waals surface area (Å²) in [5.74, 6) is 0.255. The lowest BCUT2D eigenvalue weighted by Crippen LogP contribution is -2.29. The lowest BCUT2D eigenvalue weighted by Gasteiger charge is -2.28. The molecular weight excluding hydrogens is 382 g/mol. The molecule has 0 aliphatic rings. The van der Waals surface area contributed by atoms with Crippen LogP contribution in [0.4, 0.5) is 5.82 Å². The van der Waals surface area contributed by atoms with E-state index >= 15 is 0 Å². The number of nitrogens with one attached hydrogen (secondary N) is 2. The second kappa shape index (κ2) is 9.26. The van der Waals surface area contributed by atoms with Crippen LogP contribution in [0, 0.1) is 19.3 Å². The van der Waals surface area contributed by atoms with Gasteiger partial charge in [0, 0.05) is 29.1 Å². The van der Waals surface area contributed by atoms with Gasteiger partial charge in [0.1, 0.15) is 11.6 Å². The van der Waals surface area contributed by atoms with Gasteiger partial charge >= 0.3 is 5.97 Å². The summed E-state index contributed by atoms with van der Waals surface area (Å²) in [6, 6.07) is 7.67. The highest BCUT2D eigenvalue weighted by Gasteiger charge is 2.31. The van der Waals surface area contributed by atoms with E-state index in [1.807, 2.05) is 52.0 Å². The Morgan fingerprint density at radius 2 is 1.83 bits per heavy atom. The summed E-state index contributed by atoms with van der Waals surface area (Å²) >= 11 is 0. The number of rotatable bonds is 8. The summed E-state index contributed by atoms with van der Waals surface area (Å²) in [6.07, 6.45) is -1.16. The highest BCUT2D eigenvalue weighted by Crippen LogP contribution is 2.33. The highest BCUT2D eigenvalue weighted by molar-refractivity contribution is 6.02. The quantitative estimate of drug-likeness (QED) is 0.544. The zero-order valence-corrected chi connectivity index (χ0v) is 18.7. The Balaban J connectivity index is 2.45. The van der Waals surface area contributed by atoms with Gasteiger partial charge in [-0.2, -0.15) is 0 Å². The smallest absolute Gasteiger partial charge is 0.337 e. The van der Waals surface area contributed by atoms with Crippen LogP contribution in [0.1, 0.15) is 61.7 Å². The van der Waals surface area contributed by atoms with Crippen molar-refractivity contribution in [3.8, 4) is 5.75 Å². The van der Waals surface area contributed by atoms with Gasteiger partial charge in [-0.1, -0.05) is 12.1 Å². The normalized spacial score (nSPS) is 12.4. The van der Waals surface area contributed by atoms with E-state index in [2.05, 4.69) is 10.3 Å². The monoisotopic (exact) mass is 413 g/mol. The third-order valence-electron chi connectivity index (χ3n) is 4.64. The maximum Gasteiger partial charge on any atom is 0.337 e. The topological polar surface area (TPSA) is 105 Å². The van der Waals surface area contributed by atoms with Gasteiger partial charge in [-0.15, -0.1) is 0 Å². The van der Waals surface area contributed by atoms with Gasteiger partial charge in [-0.25, -0.2) is 9.78 Å². The summed E-state index contributed by atoms with van der Waals surface area (Å²) < 4.78 is 11.0. The molecule has 0 aliphatic heterocycles. The number of carboxylic acid groups (broad SMARTS) is 1. The zero-order chi connectivity index (χ0) is 22.6. The third-order valence-corrected chi connectivity index (χ3v) is 4.64. The summed E-state index contributed by atoms with van der Waals surface area (Å²) in [5.41, 5.74) is 3.02. The first kappa shape index (κ1) is 23.3. The number of ether oxygens (including phenoxy) is 2. The molecule has 3 N–H and O–H groups in total. The molecule has 1 aromatic heterocycles. The van der Waals surface area contributed by atoms with Gasteiger partial charge in [0.25, 0.3) is 0 Å². The fourth-order valence-electron chi connectivity index (χ4n) is 3.36. The van der Waals surface area contributed by atoms with Gasteiger partial charge in [0.15, 0.2) is 6.10 Å². The standard InChI is InChI=1S/C23H31N3O4/c1-13-18(14(2)24)21(25-12-16-8-10-17(29-7)11-9-16)26-15(3)19(13)20(22(27)28)30-23(4,5)6/h8-11,20,24H,12H2,1-7H3,(H,25,26)(H,27,28). The minimum absolute atomic E-state index is 0.304. The first-order valence-electron chi connectivity index (χ1n) is 9.78. The molecule has 162 valence electrons. The SMILES string of the molecule is COc1ccc(CNc2nc(C)c(C(OC(C)(C)C)C(=O)O)c(C)c2C(C)=N)cc1. The molecular formula is C23H31N3O4. The molecule has 0 fully saturated rings. The fraction of sp³-hybridized carbons (Fsp3) is 0.435. The molecule has 0 amide bonds. The molecule has 0 saturated carbocycles. The van der Waals surface area contributed by atoms with E-state index in [1.54, 1.807) is 21.0 Å². The average molecular weight is 414 g/mol. The van der Waals surface area contributed by atoms with E-state index in [0.717, 1.165) is 11.3 Å². The number of hydrogen-bond acceptors (Lipinski definition) is 6. The highest BCUT2D eigenvalue weighted by atomic mass is 16.5. The van der Waals surface area contributed by atoms with Crippen LogP contribution in [-0.2, 0) is 16.1 Å². The average Bonchev–Trinajstić information content (AvgIpc) is 2.64. The maximum absolute atomic E-state index is 12.0. The first-order valence-corrected chi connectivity index (χ1v) is 9.78. The zero-order valence-electron chi connectivity index (χ0n) is 18.7. The Morgan fingerprint density at radius 3 is 2.30 bits per heavy atom. The number of aromatic nitrogens is 1. The second-order valence-electron chi connectivity index (χ2n) is 8.23. The Bertz CT molecular complexity index is 931. The van der Waals surface area contributed by atoms with E-state index in [-0.39, 0.29) is 0 Å². The molecule has 0 saturated heterocycles. The number of pyridine rings is 1. The maximum atomic E-state index is 12.0. The number of carboxylic acids is 1. The number of aliphatic carboxylic acids is 1. The molecule has 1 atom stereocenters. The Labute approximate surface area is 178 Å². The molecule has 0 bridgehead atoms. The molecule has 0 spiro atoms.